The molecule has 0 aromatic carbocycles. The maximum absolute atomic E-state index is 6.02. The van der Waals surface area contributed by atoms with E-state index in [0.717, 1.165) is 19.6 Å². The van der Waals surface area contributed by atoms with Gasteiger partial charge in [-0.15, -0.1) is 11.3 Å². The number of hydrogen-bond donors (Lipinski definition) is 1. The molecular weight excluding hydrogens is 322 g/mol. The number of likely N-dealkylation sites (N-methyl/N-ethyl adjacent to an activating group) is 1. The molecule has 3 nitrogen and oxygen atoms in total. The molecular formula is C14H24BrN3S. The number of rotatable bonds is 6. The molecule has 1 aliphatic rings. The summed E-state index contributed by atoms with van der Waals surface area (Å²) >= 11 is 5.36. The topological polar surface area (TPSA) is 32.5 Å². The van der Waals surface area contributed by atoms with E-state index < -0.39 is 0 Å². The second-order valence-corrected chi connectivity index (χ2v) is 7.55. The van der Waals surface area contributed by atoms with Gasteiger partial charge >= 0.3 is 0 Å². The zero-order valence-electron chi connectivity index (χ0n) is 11.8. The van der Waals surface area contributed by atoms with Crippen LogP contribution in [0.4, 0.5) is 0 Å². The molecule has 1 aromatic heterocycles. The van der Waals surface area contributed by atoms with Gasteiger partial charge in [0, 0.05) is 30.6 Å². The second kappa shape index (κ2) is 7.18. The van der Waals surface area contributed by atoms with Crippen molar-refractivity contribution in [1.82, 2.24) is 9.80 Å². The van der Waals surface area contributed by atoms with Crippen LogP contribution in [-0.2, 0) is 0 Å². The highest BCUT2D eigenvalue weighted by molar-refractivity contribution is 9.11. The van der Waals surface area contributed by atoms with Gasteiger partial charge in [0.15, 0.2) is 0 Å². The first kappa shape index (κ1) is 15.4. The summed E-state index contributed by atoms with van der Waals surface area (Å²) in [7, 11) is 0. The lowest BCUT2D eigenvalue weighted by molar-refractivity contribution is 0.191. The first-order valence-corrected chi connectivity index (χ1v) is 8.73. The summed E-state index contributed by atoms with van der Waals surface area (Å²) < 4.78 is 1.19. The lowest BCUT2D eigenvalue weighted by atomic mass is 10.2. The minimum atomic E-state index is 0.386. The molecule has 0 spiro atoms. The van der Waals surface area contributed by atoms with E-state index in [4.69, 9.17) is 5.73 Å². The molecule has 1 aliphatic heterocycles. The van der Waals surface area contributed by atoms with Crippen LogP contribution < -0.4 is 5.73 Å². The van der Waals surface area contributed by atoms with E-state index in [1.165, 1.54) is 21.6 Å². The third-order valence-electron chi connectivity index (χ3n) is 4.11. The van der Waals surface area contributed by atoms with Crippen LogP contribution >= 0.6 is 27.3 Å². The van der Waals surface area contributed by atoms with Gasteiger partial charge in [-0.05, 0) is 47.6 Å². The monoisotopic (exact) mass is 345 g/mol. The predicted molar refractivity (Wildman–Crippen MR) is 86.7 cm³/mol. The van der Waals surface area contributed by atoms with E-state index in [9.17, 15) is 0 Å². The summed E-state index contributed by atoms with van der Waals surface area (Å²) in [6.07, 6.45) is 1.27. The van der Waals surface area contributed by atoms with Gasteiger partial charge in [0.05, 0.1) is 9.83 Å². The van der Waals surface area contributed by atoms with E-state index in [0.29, 0.717) is 18.6 Å². The number of likely N-dealkylation sites (tertiary alicyclic amines) is 1. The number of thiophene rings is 1. The molecule has 108 valence electrons. The highest BCUT2D eigenvalue weighted by atomic mass is 79.9. The fraction of sp³-hybridized carbons (Fsp3) is 0.714. The Morgan fingerprint density at radius 3 is 2.74 bits per heavy atom. The average molecular weight is 346 g/mol. The largest absolute Gasteiger partial charge is 0.329 e. The number of nitrogens with two attached hydrogens (primary N) is 1. The molecule has 0 saturated carbocycles. The summed E-state index contributed by atoms with van der Waals surface area (Å²) in [5, 5.41) is 0. The number of halogens is 1. The third kappa shape index (κ3) is 3.58. The summed E-state index contributed by atoms with van der Waals surface area (Å²) in [6.45, 7) is 9.82. The fourth-order valence-electron chi connectivity index (χ4n) is 3.04. The fourth-order valence-corrected chi connectivity index (χ4v) is 4.61. The van der Waals surface area contributed by atoms with E-state index in [1.54, 1.807) is 0 Å². The molecule has 0 aliphatic carbocycles. The molecule has 0 amide bonds. The first-order valence-electron chi connectivity index (χ1n) is 7.13. The maximum Gasteiger partial charge on any atom is 0.0702 e. The molecule has 0 bridgehead atoms. The summed E-state index contributed by atoms with van der Waals surface area (Å²) in [6, 6.07) is 5.42. The van der Waals surface area contributed by atoms with Gasteiger partial charge in [0.2, 0.25) is 0 Å². The Hall–Kier alpha value is 0.0600. The minimum Gasteiger partial charge on any atom is -0.329 e. The highest BCUT2D eigenvalue weighted by Gasteiger charge is 2.31. The van der Waals surface area contributed by atoms with E-state index in [-0.39, 0.29) is 0 Å². The van der Waals surface area contributed by atoms with Gasteiger partial charge in [-0.3, -0.25) is 9.80 Å². The van der Waals surface area contributed by atoms with Crippen LogP contribution in [0.5, 0.6) is 0 Å². The Kier molecular flexibility index (Phi) is 5.84. The molecule has 1 aromatic rings. The second-order valence-electron chi connectivity index (χ2n) is 5.05. The standard InChI is InChI=1S/C14H24BrN3S/c1-3-17(4-2)11-7-8-18(10-11)12(9-16)13-5-6-14(15)19-13/h5-6,11-12H,3-4,7-10,16H2,1-2H3. The van der Waals surface area contributed by atoms with Crippen LogP contribution in [0.25, 0.3) is 0 Å². The first-order chi connectivity index (χ1) is 9.19. The van der Waals surface area contributed by atoms with Gasteiger partial charge in [-0.1, -0.05) is 13.8 Å². The van der Waals surface area contributed by atoms with Crippen molar-refractivity contribution >= 4 is 27.3 Å². The molecule has 2 rings (SSSR count). The molecule has 1 fully saturated rings. The van der Waals surface area contributed by atoms with Gasteiger partial charge in [0.1, 0.15) is 0 Å². The molecule has 2 heterocycles. The molecule has 5 heteroatoms. The highest BCUT2D eigenvalue weighted by Crippen LogP contribution is 2.32. The van der Waals surface area contributed by atoms with Crippen LogP contribution in [0, 0.1) is 0 Å². The van der Waals surface area contributed by atoms with Crippen molar-refractivity contribution in [2.45, 2.75) is 32.4 Å². The summed E-state index contributed by atoms with van der Waals surface area (Å²) in [5.74, 6) is 0. The molecule has 1 saturated heterocycles. The molecule has 19 heavy (non-hydrogen) atoms. The van der Waals surface area contributed by atoms with E-state index >= 15 is 0 Å². The minimum absolute atomic E-state index is 0.386. The Morgan fingerprint density at radius 2 is 2.21 bits per heavy atom. The van der Waals surface area contributed by atoms with Gasteiger partial charge < -0.3 is 5.73 Å². The maximum atomic E-state index is 6.02. The molecule has 2 N–H and O–H groups in total. The lowest BCUT2D eigenvalue weighted by Gasteiger charge is -2.29. The number of hydrogen-bond acceptors (Lipinski definition) is 4. The van der Waals surface area contributed by atoms with Crippen LogP contribution in [0.15, 0.2) is 15.9 Å². The Morgan fingerprint density at radius 1 is 1.47 bits per heavy atom. The average Bonchev–Trinajstić information content (AvgIpc) is 3.03. The summed E-state index contributed by atoms with van der Waals surface area (Å²) in [5.41, 5.74) is 6.02. The SMILES string of the molecule is CCN(CC)C1CCN(C(CN)c2ccc(Br)s2)C1. The van der Waals surface area contributed by atoms with Crippen LogP contribution in [-0.4, -0.2) is 48.6 Å². The van der Waals surface area contributed by atoms with Crippen molar-refractivity contribution in [1.29, 1.82) is 0 Å². The zero-order valence-corrected chi connectivity index (χ0v) is 14.2. The van der Waals surface area contributed by atoms with Crippen molar-refractivity contribution in [3.8, 4) is 0 Å². The quantitative estimate of drug-likeness (QED) is 0.860. The van der Waals surface area contributed by atoms with Crippen LogP contribution in [0.3, 0.4) is 0 Å². The van der Waals surface area contributed by atoms with Crippen LogP contribution in [0.2, 0.25) is 0 Å². The lowest BCUT2D eigenvalue weighted by Crippen LogP contribution is -2.39. The van der Waals surface area contributed by atoms with E-state index in [2.05, 4.69) is 51.7 Å². The van der Waals surface area contributed by atoms with Crippen LogP contribution in [0.1, 0.15) is 31.2 Å². The normalized spacial score (nSPS) is 22.3. The van der Waals surface area contributed by atoms with Crippen molar-refractivity contribution in [3.63, 3.8) is 0 Å². The predicted octanol–water partition coefficient (Wildman–Crippen LogP) is 2.93. The number of nitrogens with zero attached hydrogens (tertiary/aromatic N) is 2. The zero-order chi connectivity index (χ0) is 13.8. The van der Waals surface area contributed by atoms with Gasteiger partial charge in [-0.25, -0.2) is 0 Å². The Labute approximate surface area is 128 Å². The van der Waals surface area contributed by atoms with Crippen molar-refractivity contribution in [2.24, 2.45) is 5.73 Å². The molecule has 2 unspecified atom stereocenters. The van der Waals surface area contributed by atoms with E-state index in [1.807, 2.05) is 11.3 Å². The third-order valence-corrected chi connectivity index (χ3v) is 5.83. The Bertz CT molecular complexity index is 392. The van der Waals surface area contributed by atoms with Gasteiger partial charge in [-0.2, -0.15) is 0 Å². The molecule has 0 radical (unpaired) electrons. The smallest absolute Gasteiger partial charge is 0.0702 e. The summed E-state index contributed by atoms with van der Waals surface area (Å²) in [4.78, 5) is 6.51. The van der Waals surface area contributed by atoms with Crippen molar-refractivity contribution in [3.05, 3.63) is 20.8 Å². The van der Waals surface area contributed by atoms with Gasteiger partial charge in [0.25, 0.3) is 0 Å². The molecule has 2 atom stereocenters. The van der Waals surface area contributed by atoms with Crippen molar-refractivity contribution < 1.29 is 0 Å². The van der Waals surface area contributed by atoms with Crippen molar-refractivity contribution in [2.75, 3.05) is 32.7 Å². The Balaban J connectivity index is 2.02.